The number of ether oxygens (including phenoxy) is 2. The highest BCUT2D eigenvalue weighted by molar-refractivity contribution is 5.85. The first-order valence-electron chi connectivity index (χ1n) is 18.0. The van der Waals surface area contributed by atoms with Crippen LogP contribution in [0.1, 0.15) is 94.7 Å². The largest absolute Gasteiger partial charge is 0.453 e. The Balaban J connectivity index is 1.02. The summed E-state index contributed by atoms with van der Waals surface area (Å²) in [7, 11) is 1.26. The molecule has 3 fully saturated rings. The van der Waals surface area contributed by atoms with Crippen LogP contribution in [0.15, 0.2) is 48.8 Å². The molecule has 2 saturated heterocycles. The fourth-order valence-corrected chi connectivity index (χ4v) is 8.13. The minimum Gasteiger partial charge on any atom is -0.453 e. The van der Waals surface area contributed by atoms with E-state index in [-0.39, 0.29) is 36.0 Å². The van der Waals surface area contributed by atoms with Gasteiger partial charge in [0.25, 0.3) is 0 Å². The molecule has 2 aromatic heterocycles. The summed E-state index contributed by atoms with van der Waals surface area (Å²) in [5.74, 6) is 1.17. The minimum atomic E-state index is -1.76. The van der Waals surface area contributed by atoms with Crippen molar-refractivity contribution in [3.63, 3.8) is 0 Å². The van der Waals surface area contributed by atoms with Crippen molar-refractivity contribution in [2.45, 2.75) is 83.2 Å². The Morgan fingerprint density at radius 3 is 2.10 bits per heavy atom. The molecule has 2 aliphatic carbocycles. The highest BCUT2D eigenvalue weighted by Gasteiger charge is 2.54. The average Bonchev–Trinajstić information content (AvgIpc) is 3.69. The standard InChI is InChI=1S/C39H44FN7O5/c1-37(2,3)52-36(50)46-14-6-7-30(46)33-41-18-28(44-33)22-8-10-24-25-11-9-23(16-27(25)38(4,40)26(24)15-22)29-19-42-34(45-29)31-17-39(12-13-39)21-47(31)32(48)20-43-35(49)51-5/h8-11,15-16,18-19,30-31H,6-7,12-14,17,20-21H2,1-5H3,(H,41,44)(H,42,45)(H,43,49)/t30-,31-,38?/m0/s1. The number of likely N-dealkylation sites (tertiary alicyclic amines) is 2. The van der Waals surface area contributed by atoms with Crippen molar-refractivity contribution in [1.82, 2.24) is 35.1 Å². The summed E-state index contributed by atoms with van der Waals surface area (Å²) < 4.78 is 27.2. The Hall–Kier alpha value is -5.20. The second kappa shape index (κ2) is 12.2. The predicted molar refractivity (Wildman–Crippen MR) is 191 cm³/mol. The van der Waals surface area contributed by atoms with Crippen LogP contribution >= 0.6 is 0 Å². The van der Waals surface area contributed by atoms with Gasteiger partial charge in [-0.1, -0.05) is 24.3 Å². The summed E-state index contributed by atoms with van der Waals surface area (Å²) in [5.41, 5.74) is 3.65. The molecule has 0 radical (unpaired) electrons. The number of aromatic nitrogens is 4. The number of carbonyl (C=O) groups excluding carboxylic acids is 3. The fraction of sp³-hybridized carbons (Fsp3) is 0.462. The third-order valence-corrected chi connectivity index (χ3v) is 11.0. The van der Waals surface area contributed by atoms with Crippen molar-refractivity contribution >= 4 is 18.1 Å². The van der Waals surface area contributed by atoms with E-state index in [0.29, 0.717) is 35.9 Å². The minimum absolute atomic E-state index is 0.0987. The first-order chi connectivity index (χ1) is 24.7. The molecular weight excluding hydrogens is 665 g/mol. The number of alkyl halides is 1. The fourth-order valence-electron chi connectivity index (χ4n) is 8.13. The SMILES string of the molecule is COC(=O)NCC(=O)N1CC2(CC2)C[C@H]1c1ncc(-c2ccc3c(c2)C(C)(F)c2cc(-c4cnc([C@@H]5CCCN5C(=O)OC(C)(C)C)[nH]4)ccc2-3)[nH]1. The Labute approximate surface area is 301 Å². The maximum atomic E-state index is 17.0. The molecule has 272 valence electrons. The van der Waals surface area contributed by atoms with Crippen molar-refractivity contribution in [2.75, 3.05) is 26.7 Å². The van der Waals surface area contributed by atoms with Crippen LogP contribution in [0.2, 0.25) is 0 Å². The third kappa shape index (κ3) is 5.99. The normalized spacial score (nSPS) is 22.7. The van der Waals surface area contributed by atoms with Gasteiger partial charge in [0, 0.05) is 24.2 Å². The zero-order valence-corrected chi connectivity index (χ0v) is 30.1. The number of amides is 3. The molecule has 3 amide bonds. The van der Waals surface area contributed by atoms with Crippen molar-refractivity contribution in [3.8, 4) is 33.6 Å². The molecule has 4 aromatic rings. The first-order valence-corrected chi connectivity index (χ1v) is 18.0. The Bertz CT molecular complexity index is 2080. The van der Waals surface area contributed by atoms with Gasteiger partial charge in [-0.15, -0.1) is 0 Å². The third-order valence-electron chi connectivity index (χ3n) is 11.0. The van der Waals surface area contributed by atoms with E-state index in [1.807, 2.05) is 57.2 Å². The maximum Gasteiger partial charge on any atom is 0.410 e. The van der Waals surface area contributed by atoms with Crippen LogP contribution in [0.25, 0.3) is 33.6 Å². The summed E-state index contributed by atoms with van der Waals surface area (Å²) in [6, 6.07) is 11.2. The number of methoxy groups -OCH3 is 1. The summed E-state index contributed by atoms with van der Waals surface area (Å²) in [5, 5.41) is 2.49. The topological polar surface area (TPSA) is 146 Å². The van der Waals surface area contributed by atoms with Gasteiger partial charge in [-0.25, -0.2) is 23.9 Å². The summed E-state index contributed by atoms with van der Waals surface area (Å²) >= 11 is 0. The van der Waals surface area contributed by atoms with Crippen LogP contribution in [0.4, 0.5) is 14.0 Å². The molecule has 1 unspecified atom stereocenters. The number of carbonyl (C=O) groups is 3. The molecule has 0 bridgehead atoms. The maximum absolute atomic E-state index is 17.0. The number of halogens is 1. The quantitative estimate of drug-likeness (QED) is 0.193. The van der Waals surface area contributed by atoms with Crippen molar-refractivity contribution in [3.05, 3.63) is 71.6 Å². The number of benzene rings is 2. The lowest BCUT2D eigenvalue weighted by Crippen LogP contribution is -2.40. The van der Waals surface area contributed by atoms with E-state index < -0.39 is 17.4 Å². The van der Waals surface area contributed by atoms with E-state index in [9.17, 15) is 14.4 Å². The molecule has 3 N–H and O–H groups in total. The van der Waals surface area contributed by atoms with Crippen LogP contribution < -0.4 is 5.32 Å². The van der Waals surface area contributed by atoms with Crippen LogP contribution in [0, 0.1) is 5.41 Å². The van der Waals surface area contributed by atoms with Crippen molar-refractivity contribution in [2.24, 2.45) is 5.41 Å². The highest BCUT2D eigenvalue weighted by Crippen LogP contribution is 2.58. The lowest BCUT2D eigenvalue weighted by molar-refractivity contribution is -0.131. The second-order valence-electron chi connectivity index (χ2n) is 15.8. The number of nitrogens with zero attached hydrogens (tertiary/aromatic N) is 4. The van der Waals surface area contributed by atoms with E-state index in [2.05, 4.69) is 25.0 Å². The van der Waals surface area contributed by atoms with Crippen LogP contribution in [-0.4, -0.2) is 80.2 Å². The number of alkyl carbamates (subject to hydrolysis) is 1. The lowest BCUT2D eigenvalue weighted by Gasteiger charge is -2.27. The zero-order chi connectivity index (χ0) is 36.6. The van der Waals surface area contributed by atoms with Gasteiger partial charge in [0.05, 0.1) is 43.0 Å². The Morgan fingerprint density at radius 1 is 0.942 bits per heavy atom. The van der Waals surface area contributed by atoms with Gasteiger partial charge in [0.1, 0.15) is 23.8 Å². The number of fused-ring (bicyclic) bond motifs is 3. The van der Waals surface area contributed by atoms with Gasteiger partial charge in [-0.05, 0) is 99.6 Å². The molecule has 1 saturated carbocycles. The number of H-pyrrole nitrogens is 2. The predicted octanol–water partition coefficient (Wildman–Crippen LogP) is 7.16. The van der Waals surface area contributed by atoms with Gasteiger partial charge in [-0.3, -0.25) is 9.69 Å². The van der Waals surface area contributed by atoms with E-state index in [0.717, 1.165) is 65.7 Å². The van der Waals surface area contributed by atoms with Crippen LogP contribution in [-0.2, 0) is 19.9 Å². The Kier molecular flexibility index (Phi) is 7.96. The molecule has 4 heterocycles. The molecule has 4 aliphatic rings. The number of nitrogens with one attached hydrogen (secondary N) is 3. The van der Waals surface area contributed by atoms with Gasteiger partial charge in [0.2, 0.25) is 5.91 Å². The monoisotopic (exact) mass is 709 g/mol. The molecule has 2 aromatic carbocycles. The highest BCUT2D eigenvalue weighted by atomic mass is 19.1. The zero-order valence-electron chi connectivity index (χ0n) is 30.1. The van der Waals surface area contributed by atoms with Crippen molar-refractivity contribution in [1.29, 1.82) is 0 Å². The van der Waals surface area contributed by atoms with Gasteiger partial charge in [-0.2, -0.15) is 0 Å². The number of imidazole rings is 2. The molecule has 8 rings (SSSR count). The second-order valence-corrected chi connectivity index (χ2v) is 15.8. The molecule has 3 atom stereocenters. The van der Waals surface area contributed by atoms with Gasteiger partial charge < -0.3 is 29.7 Å². The number of hydrogen-bond donors (Lipinski definition) is 3. The van der Waals surface area contributed by atoms with E-state index in [1.54, 1.807) is 29.1 Å². The first kappa shape index (κ1) is 33.9. The smallest absolute Gasteiger partial charge is 0.410 e. The molecule has 1 spiro atoms. The van der Waals surface area contributed by atoms with Crippen molar-refractivity contribution < 1.29 is 28.2 Å². The molecule has 52 heavy (non-hydrogen) atoms. The number of hydrogen-bond acceptors (Lipinski definition) is 7. The van der Waals surface area contributed by atoms with E-state index in [1.165, 1.54) is 7.11 Å². The lowest BCUT2D eigenvalue weighted by atomic mass is 9.93. The molecule has 2 aliphatic heterocycles. The van der Waals surface area contributed by atoms with Gasteiger partial charge >= 0.3 is 12.2 Å². The average molecular weight is 710 g/mol. The van der Waals surface area contributed by atoms with Crippen LogP contribution in [0.3, 0.4) is 0 Å². The van der Waals surface area contributed by atoms with E-state index >= 15 is 4.39 Å². The Morgan fingerprint density at radius 2 is 1.54 bits per heavy atom. The van der Waals surface area contributed by atoms with E-state index in [4.69, 9.17) is 9.72 Å². The van der Waals surface area contributed by atoms with Gasteiger partial charge in [0.15, 0.2) is 5.67 Å². The summed E-state index contributed by atoms with van der Waals surface area (Å²) in [6.45, 7) is 8.24. The van der Waals surface area contributed by atoms with Crippen LogP contribution in [0.5, 0.6) is 0 Å². The number of rotatable bonds is 6. The number of aromatic amines is 2. The summed E-state index contributed by atoms with van der Waals surface area (Å²) in [6.07, 6.45) is 7.03. The summed E-state index contributed by atoms with van der Waals surface area (Å²) in [4.78, 5) is 57.4. The molecule has 12 nitrogen and oxygen atoms in total. The molecule has 13 heteroatoms. The molecular formula is C39H44FN7O5.